The number of aromatic nitrogens is 3. The van der Waals surface area contributed by atoms with Gasteiger partial charge in [-0.15, -0.1) is 10.2 Å². The molecule has 32 heavy (non-hydrogen) atoms. The summed E-state index contributed by atoms with van der Waals surface area (Å²) in [5, 5.41) is 13.1. The van der Waals surface area contributed by atoms with Gasteiger partial charge in [0.15, 0.2) is 11.0 Å². The first-order valence-corrected chi connectivity index (χ1v) is 12.9. The average Bonchev–Trinajstić information content (AvgIpc) is 3.44. The van der Waals surface area contributed by atoms with Gasteiger partial charge in [0.05, 0.1) is 22.4 Å². The van der Waals surface area contributed by atoms with Gasteiger partial charge >= 0.3 is 0 Å². The normalized spacial score (nSPS) is 19.3. The van der Waals surface area contributed by atoms with Crippen molar-refractivity contribution in [2.75, 3.05) is 12.3 Å². The third-order valence-electron chi connectivity index (χ3n) is 6.28. The Morgan fingerprint density at radius 3 is 2.66 bits per heavy atom. The van der Waals surface area contributed by atoms with Gasteiger partial charge in [-0.05, 0) is 44.7 Å². The third kappa shape index (κ3) is 5.12. The predicted molar refractivity (Wildman–Crippen MR) is 126 cm³/mol. The van der Waals surface area contributed by atoms with Crippen molar-refractivity contribution >= 4 is 35.2 Å². The Morgan fingerprint density at radius 2 is 1.91 bits per heavy atom. The Hall–Kier alpha value is -2.06. The van der Waals surface area contributed by atoms with E-state index in [-0.39, 0.29) is 17.9 Å². The zero-order valence-electron chi connectivity index (χ0n) is 18.4. The molecule has 1 aliphatic heterocycles. The minimum absolute atomic E-state index is 0.0468. The lowest BCUT2D eigenvalue weighted by Gasteiger charge is -2.25. The molecule has 0 spiro atoms. The standard InChI is InChI=1S/C23H30ClN5O2S/c1-2-28-21(19-13-8-14-29(19)22(31)17-11-6-7-12-18(17)24)26-27-23(28)32-15-20(30)25-16-9-4-3-5-10-16/h6-7,11-12,16,19H,2-5,8-10,13-15H2,1H3,(H,25,30). The quantitative estimate of drug-likeness (QED) is 0.597. The Bertz CT molecular complexity index is 960. The molecular formula is C23H30ClN5O2S. The van der Waals surface area contributed by atoms with E-state index in [0.29, 0.717) is 35.5 Å². The zero-order chi connectivity index (χ0) is 22.5. The number of hydrogen-bond acceptors (Lipinski definition) is 5. The summed E-state index contributed by atoms with van der Waals surface area (Å²) in [4.78, 5) is 27.5. The van der Waals surface area contributed by atoms with Crippen molar-refractivity contribution in [3.05, 3.63) is 40.7 Å². The van der Waals surface area contributed by atoms with Crippen molar-refractivity contribution in [1.29, 1.82) is 0 Å². The molecule has 172 valence electrons. The molecule has 1 aromatic carbocycles. The van der Waals surface area contributed by atoms with Crippen LogP contribution < -0.4 is 5.32 Å². The Balaban J connectivity index is 1.44. The van der Waals surface area contributed by atoms with Crippen molar-refractivity contribution in [2.24, 2.45) is 0 Å². The maximum absolute atomic E-state index is 13.2. The monoisotopic (exact) mass is 475 g/mol. The number of rotatable bonds is 7. The maximum atomic E-state index is 13.2. The molecular weight excluding hydrogens is 446 g/mol. The molecule has 1 saturated heterocycles. The Morgan fingerprint density at radius 1 is 1.12 bits per heavy atom. The number of amides is 2. The summed E-state index contributed by atoms with van der Waals surface area (Å²) in [5.74, 6) is 1.07. The van der Waals surface area contributed by atoms with E-state index in [9.17, 15) is 9.59 Å². The van der Waals surface area contributed by atoms with Crippen LogP contribution in [0.15, 0.2) is 29.4 Å². The Labute approximate surface area is 198 Å². The number of nitrogens with one attached hydrogen (secondary N) is 1. The minimum Gasteiger partial charge on any atom is -0.353 e. The Kier molecular flexibility index (Phi) is 7.73. The first kappa shape index (κ1) is 23.1. The predicted octanol–water partition coefficient (Wildman–Crippen LogP) is 4.47. The molecule has 1 N–H and O–H groups in total. The zero-order valence-corrected chi connectivity index (χ0v) is 20.0. The molecule has 0 radical (unpaired) electrons. The van der Waals surface area contributed by atoms with Gasteiger partial charge in [0.2, 0.25) is 5.91 Å². The van der Waals surface area contributed by atoms with Crippen molar-refractivity contribution in [2.45, 2.75) is 75.7 Å². The molecule has 1 aliphatic carbocycles. The molecule has 9 heteroatoms. The van der Waals surface area contributed by atoms with Gasteiger partial charge in [0, 0.05) is 19.1 Å². The van der Waals surface area contributed by atoms with Crippen LogP contribution in [0.25, 0.3) is 0 Å². The summed E-state index contributed by atoms with van der Waals surface area (Å²) in [7, 11) is 0. The van der Waals surface area contributed by atoms with Crippen LogP contribution in [0.5, 0.6) is 0 Å². The van der Waals surface area contributed by atoms with Crippen molar-refractivity contribution in [1.82, 2.24) is 25.0 Å². The molecule has 2 aliphatic rings. The molecule has 2 amide bonds. The second-order valence-corrected chi connectivity index (χ2v) is 9.76. The SMILES string of the molecule is CCn1c(SCC(=O)NC2CCCCC2)nnc1C1CCCN1C(=O)c1ccccc1Cl. The molecule has 2 aromatic rings. The van der Waals surface area contributed by atoms with E-state index in [0.717, 1.165) is 36.7 Å². The van der Waals surface area contributed by atoms with E-state index < -0.39 is 0 Å². The van der Waals surface area contributed by atoms with E-state index in [1.54, 1.807) is 12.1 Å². The first-order chi connectivity index (χ1) is 15.6. The summed E-state index contributed by atoms with van der Waals surface area (Å²) in [6.45, 7) is 3.38. The molecule has 7 nitrogen and oxygen atoms in total. The molecule has 1 saturated carbocycles. The van der Waals surface area contributed by atoms with Gasteiger partial charge in [-0.2, -0.15) is 0 Å². The molecule has 2 heterocycles. The molecule has 0 bridgehead atoms. The fourth-order valence-electron chi connectivity index (χ4n) is 4.66. The van der Waals surface area contributed by atoms with E-state index in [1.807, 2.05) is 28.5 Å². The van der Waals surface area contributed by atoms with E-state index >= 15 is 0 Å². The van der Waals surface area contributed by atoms with Crippen LogP contribution in [0.1, 0.15) is 74.1 Å². The van der Waals surface area contributed by atoms with Crippen molar-refractivity contribution in [3.63, 3.8) is 0 Å². The highest BCUT2D eigenvalue weighted by atomic mass is 35.5. The highest BCUT2D eigenvalue weighted by Crippen LogP contribution is 2.34. The summed E-state index contributed by atoms with van der Waals surface area (Å²) in [5.41, 5.74) is 0.512. The van der Waals surface area contributed by atoms with Gasteiger partial charge in [-0.3, -0.25) is 9.59 Å². The van der Waals surface area contributed by atoms with Gasteiger partial charge in [0.25, 0.3) is 5.91 Å². The molecule has 4 rings (SSSR count). The number of hydrogen-bond donors (Lipinski definition) is 1. The van der Waals surface area contributed by atoms with Crippen molar-refractivity contribution in [3.8, 4) is 0 Å². The summed E-state index contributed by atoms with van der Waals surface area (Å²) in [6.07, 6.45) is 7.53. The van der Waals surface area contributed by atoms with Crippen LogP contribution in [-0.2, 0) is 11.3 Å². The van der Waals surface area contributed by atoms with Crippen LogP contribution >= 0.6 is 23.4 Å². The topological polar surface area (TPSA) is 80.1 Å². The van der Waals surface area contributed by atoms with E-state index in [2.05, 4.69) is 15.5 Å². The number of carbonyl (C=O) groups is 2. The number of nitrogens with zero attached hydrogens (tertiary/aromatic N) is 4. The number of thioether (sulfide) groups is 1. The lowest BCUT2D eigenvalue weighted by molar-refractivity contribution is -0.119. The molecule has 1 atom stereocenters. The smallest absolute Gasteiger partial charge is 0.255 e. The average molecular weight is 476 g/mol. The number of halogens is 1. The highest BCUT2D eigenvalue weighted by molar-refractivity contribution is 7.99. The summed E-state index contributed by atoms with van der Waals surface area (Å²) in [6, 6.07) is 7.31. The van der Waals surface area contributed by atoms with Gasteiger partial charge < -0.3 is 14.8 Å². The second kappa shape index (κ2) is 10.7. The van der Waals surface area contributed by atoms with Crippen LogP contribution in [0.2, 0.25) is 5.02 Å². The highest BCUT2D eigenvalue weighted by Gasteiger charge is 2.35. The van der Waals surface area contributed by atoms with Crippen LogP contribution in [0.4, 0.5) is 0 Å². The van der Waals surface area contributed by atoms with Crippen molar-refractivity contribution < 1.29 is 9.59 Å². The fraction of sp³-hybridized carbons (Fsp3) is 0.565. The molecule has 1 aromatic heterocycles. The summed E-state index contributed by atoms with van der Waals surface area (Å²) < 4.78 is 2.03. The van der Waals surface area contributed by atoms with E-state index in [4.69, 9.17) is 11.6 Å². The van der Waals surface area contributed by atoms with Crippen LogP contribution in [-0.4, -0.2) is 49.8 Å². The minimum atomic E-state index is -0.142. The van der Waals surface area contributed by atoms with Crippen LogP contribution in [0, 0.1) is 0 Å². The lowest BCUT2D eigenvalue weighted by Crippen LogP contribution is -2.37. The van der Waals surface area contributed by atoms with Crippen LogP contribution in [0.3, 0.4) is 0 Å². The maximum Gasteiger partial charge on any atom is 0.255 e. The number of likely N-dealkylation sites (tertiary alicyclic amines) is 1. The second-order valence-electron chi connectivity index (χ2n) is 8.41. The largest absolute Gasteiger partial charge is 0.353 e. The number of benzene rings is 1. The van der Waals surface area contributed by atoms with Gasteiger partial charge in [0.1, 0.15) is 0 Å². The lowest BCUT2D eigenvalue weighted by atomic mass is 9.95. The fourth-order valence-corrected chi connectivity index (χ4v) is 5.70. The number of carbonyl (C=O) groups excluding carboxylic acids is 2. The first-order valence-electron chi connectivity index (χ1n) is 11.5. The van der Waals surface area contributed by atoms with Gasteiger partial charge in [-0.25, -0.2) is 0 Å². The third-order valence-corrected chi connectivity index (χ3v) is 7.58. The summed E-state index contributed by atoms with van der Waals surface area (Å²) >= 11 is 7.68. The molecule has 1 unspecified atom stereocenters. The molecule has 2 fully saturated rings. The van der Waals surface area contributed by atoms with E-state index in [1.165, 1.54) is 31.0 Å². The van der Waals surface area contributed by atoms with Gasteiger partial charge in [-0.1, -0.05) is 54.8 Å².